The van der Waals surface area contributed by atoms with E-state index in [1.165, 1.54) is 0 Å². The van der Waals surface area contributed by atoms with Gasteiger partial charge in [-0.1, -0.05) is 47.8 Å². The van der Waals surface area contributed by atoms with Gasteiger partial charge in [0.05, 0.1) is 12.7 Å². The second kappa shape index (κ2) is 6.63. The van der Waals surface area contributed by atoms with Gasteiger partial charge in [0.1, 0.15) is 5.75 Å². The highest BCUT2D eigenvalue weighted by Crippen LogP contribution is 2.34. The molecule has 0 radical (unpaired) electrons. The summed E-state index contributed by atoms with van der Waals surface area (Å²) in [6, 6.07) is 7.47. The fourth-order valence-electron chi connectivity index (χ4n) is 2.22. The van der Waals surface area contributed by atoms with E-state index in [2.05, 4.69) is 47.8 Å². The van der Waals surface area contributed by atoms with E-state index in [4.69, 9.17) is 4.74 Å². The van der Waals surface area contributed by atoms with Gasteiger partial charge in [0, 0.05) is 19.0 Å². The summed E-state index contributed by atoms with van der Waals surface area (Å²) < 4.78 is 8.05. The van der Waals surface area contributed by atoms with E-state index in [0.29, 0.717) is 16.9 Å². The number of ether oxygens (including phenoxy) is 1. The molecule has 110 valence electrons. The Labute approximate surface area is 149 Å². The number of carbonyl (C=O) groups is 1. The van der Waals surface area contributed by atoms with E-state index in [1.807, 2.05) is 38.1 Å². The van der Waals surface area contributed by atoms with Crippen molar-refractivity contribution in [1.82, 2.24) is 0 Å². The molecule has 2 aromatic carbocycles. The van der Waals surface area contributed by atoms with Crippen molar-refractivity contribution in [1.29, 1.82) is 0 Å². The number of carbonyl (C=O) groups excluding carboxylic acids is 1. The maximum absolute atomic E-state index is 12.9. The Kier molecular flexibility index (Phi) is 5.28. The summed E-state index contributed by atoms with van der Waals surface area (Å²) in [5, 5.41) is 0. The van der Waals surface area contributed by atoms with Gasteiger partial charge in [0.15, 0.2) is 5.78 Å². The monoisotopic (exact) mass is 474 g/mol. The van der Waals surface area contributed by atoms with Crippen LogP contribution in [0.1, 0.15) is 27.0 Å². The minimum Gasteiger partial charge on any atom is -0.496 e. The molecule has 0 bridgehead atoms. The van der Waals surface area contributed by atoms with Crippen molar-refractivity contribution in [2.24, 2.45) is 0 Å². The molecule has 2 aromatic rings. The quantitative estimate of drug-likeness (QED) is 0.521. The molecule has 0 unspecified atom stereocenters. The number of halogens is 3. The minimum absolute atomic E-state index is 0.0595. The van der Waals surface area contributed by atoms with Crippen LogP contribution in [0.3, 0.4) is 0 Å². The molecule has 5 heteroatoms. The van der Waals surface area contributed by atoms with Crippen molar-refractivity contribution in [3.63, 3.8) is 0 Å². The third kappa shape index (κ3) is 3.41. The fourth-order valence-corrected chi connectivity index (χ4v) is 4.05. The van der Waals surface area contributed by atoms with E-state index in [1.54, 1.807) is 7.11 Å². The Morgan fingerprint density at radius 3 is 2.10 bits per heavy atom. The molecule has 21 heavy (non-hydrogen) atoms. The van der Waals surface area contributed by atoms with Crippen LogP contribution in [0.4, 0.5) is 0 Å². The molecule has 0 spiro atoms. The average molecular weight is 477 g/mol. The zero-order valence-corrected chi connectivity index (χ0v) is 16.5. The van der Waals surface area contributed by atoms with Crippen LogP contribution in [-0.2, 0) is 0 Å². The Morgan fingerprint density at radius 2 is 1.57 bits per heavy atom. The number of ketones is 1. The third-order valence-electron chi connectivity index (χ3n) is 3.22. The SMILES string of the molecule is COc1c(C)cc(Br)c(C)c1C(=O)c1cc(Br)cc(Br)c1. The molecule has 2 nitrogen and oxygen atoms in total. The Morgan fingerprint density at radius 1 is 1.00 bits per heavy atom. The Hall–Kier alpha value is -0.650. The molecule has 0 aliphatic rings. The van der Waals surface area contributed by atoms with E-state index >= 15 is 0 Å². The minimum atomic E-state index is -0.0595. The van der Waals surface area contributed by atoms with Crippen LogP contribution in [0.25, 0.3) is 0 Å². The molecule has 0 aliphatic heterocycles. The molecule has 0 saturated heterocycles. The van der Waals surface area contributed by atoms with Crippen molar-refractivity contribution < 1.29 is 9.53 Å². The Bertz CT molecular complexity index is 704. The van der Waals surface area contributed by atoms with Gasteiger partial charge in [0.2, 0.25) is 0 Å². The zero-order valence-electron chi connectivity index (χ0n) is 11.8. The molecule has 0 saturated carbocycles. The van der Waals surface area contributed by atoms with Crippen molar-refractivity contribution in [3.05, 3.63) is 59.9 Å². The van der Waals surface area contributed by atoms with Gasteiger partial charge >= 0.3 is 0 Å². The molecular weight excluding hydrogens is 464 g/mol. The van der Waals surface area contributed by atoms with Crippen LogP contribution in [0, 0.1) is 13.8 Å². The standard InChI is InChI=1S/C16H13Br3O2/c1-8-4-13(19)9(2)14(16(8)21-3)15(20)10-5-11(17)7-12(18)6-10/h4-7H,1-3H3. The normalized spacial score (nSPS) is 10.6. The van der Waals surface area contributed by atoms with Gasteiger partial charge in [-0.25, -0.2) is 0 Å². The molecule has 2 rings (SSSR count). The third-order valence-corrected chi connectivity index (χ3v) is 4.96. The number of aryl methyl sites for hydroxylation is 1. The van der Waals surface area contributed by atoms with E-state index in [-0.39, 0.29) is 5.78 Å². The lowest BCUT2D eigenvalue weighted by Crippen LogP contribution is -2.08. The molecule has 0 atom stereocenters. The number of hydrogen-bond acceptors (Lipinski definition) is 2. The summed E-state index contributed by atoms with van der Waals surface area (Å²) in [6.45, 7) is 3.84. The first-order valence-corrected chi connectivity index (χ1v) is 8.57. The fraction of sp³-hybridized carbons (Fsp3) is 0.188. The van der Waals surface area contributed by atoms with Crippen molar-refractivity contribution in [2.75, 3.05) is 7.11 Å². The summed E-state index contributed by atoms with van der Waals surface area (Å²) in [6.07, 6.45) is 0. The highest BCUT2D eigenvalue weighted by atomic mass is 79.9. The van der Waals surface area contributed by atoms with Gasteiger partial charge < -0.3 is 4.74 Å². The van der Waals surface area contributed by atoms with Gasteiger partial charge in [-0.15, -0.1) is 0 Å². The number of hydrogen-bond donors (Lipinski definition) is 0. The lowest BCUT2D eigenvalue weighted by atomic mass is 9.96. The zero-order chi connectivity index (χ0) is 15.7. The van der Waals surface area contributed by atoms with Crippen molar-refractivity contribution >= 4 is 53.6 Å². The maximum atomic E-state index is 12.9. The van der Waals surface area contributed by atoms with E-state index < -0.39 is 0 Å². The van der Waals surface area contributed by atoms with Crippen LogP contribution < -0.4 is 4.74 Å². The first kappa shape index (κ1) is 16.7. The lowest BCUT2D eigenvalue weighted by Gasteiger charge is -2.15. The van der Waals surface area contributed by atoms with Gasteiger partial charge in [-0.05, 0) is 49.2 Å². The van der Waals surface area contributed by atoms with Gasteiger partial charge in [0.25, 0.3) is 0 Å². The van der Waals surface area contributed by atoms with Crippen LogP contribution in [0.5, 0.6) is 5.75 Å². The summed E-state index contributed by atoms with van der Waals surface area (Å²) in [5.74, 6) is 0.563. The summed E-state index contributed by atoms with van der Waals surface area (Å²) in [4.78, 5) is 12.9. The van der Waals surface area contributed by atoms with Crippen molar-refractivity contribution in [3.8, 4) is 5.75 Å². The second-order valence-electron chi connectivity index (χ2n) is 4.70. The van der Waals surface area contributed by atoms with Gasteiger partial charge in [-0.2, -0.15) is 0 Å². The van der Waals surface area contributed by atoms with Crippen LogP contribution in [-0.4, -0.2) is 12.9 Å². The van der Waals surface area contributed by atoms with E-state index in [9.17, 15) is 4.79 Å². The van der Waals surface area contributed by atoms with Crippen LogP contribution in [0.2, 0.25) is 0 Å². The number of rotatable bonds is 3. The maximum Gasteiger partial charge on any atom is 0.197 e. The van der Waals surface area contributed by atoms with Crippen LogP contribution >= 0.6 is 47.8 Å². The smallest absolute Gasteiger partial charge is 0.197 e. The summed E-state index contributed by atoms with van der Waals surface area (Å²) in [5.41, 5.74) is 3.00. The predicted molar refractivity (Wildman–Crippen MR) is 95.4 cm³/mol. The molecule has 0 amide bonds. The highest BCUT2D eigenvalue weighted by Gasteiger charge is 2.21. The highest BCUT2D eigenvalue weighted by molar-refractivity contribution is 9.11. The first-order chi connectivity index (χ1) is 9.85. The van der Waals surface area contributed by atoms with Crippen molar-refractivity contribution in [2.45, 2.75) is 13.8 Å². The van der Waals surface area contributed by atoms with Gasteiger partial charge in [-0.3, -0.25) is 4.79 Å². The molecule has 0 aromatic heterocycles. The molecule has 0 aliphatic carbocycles. The summed E-state index contributed by atoms with van der Waals surface area (Å²) in [7, 11) is 1.59. The predicted octanol–water partition coefficient (Wildman–Crippen LogP) is 5.83. The molecule has 0 fully saturated rings. The molecular formula is C16H13Br3O2. The lowest BCUT2D eigenvalue weighted by molar-refractivity contribution is 0.103. The topological polar surface area (TPSA) is 26.3 Å². The second-order valence-corrected chi connectivity index (χ2v) is 7.38. The molecule has 0 N–H and O–H groups in total. The largest absolute Gasteiger partial charge is 0.496 e. The Balaban J connectivity index is 2.68. The van der Waals surface area contributed by atoms with Crippen LogP contribution in [0.15, 0.2) is 37.7 Å². The molecule has 0 heterocycles. The first-order valence-electron chi connectivity index (χ1n) is 6.19. The average Bonchev–Trinajstić information content (AvgIpc) is 2.40. The summed E-state index contributed by atoms with van der Waals surface area (Å²) >= 11 is 10.3. The number of benzene rings is 2. The number of methoxy groups -OCH3 is 1. The van der Waals surface area contributed by atoms with E-state index in [0.717, 1.165) is 24.5 Å².